The highest BCUT2D eigenvalue weighted by Gasteiger charge is 2.29. The quantitative estimate of drug-likeness (QED) is 0.402. The minimum atomic E-state index is -0.887. The van der Waals surface area contributed by atoms with Gasteiger partial charge in [-0.2, -0.15) is 5.26 Å². The summed E-state index contributed by atoms with van der Waals surface area (Å²) < 4.78 is 11.4. The van der Waals surface area contributed by atoms with Gasteiger partial charge in [-0.1, -0.05) is 30.3 Å². The maximum atomic E-state index is 11.7. The number of carboxylic acids is 1. The Kier molecular flexibility index (Phi) is 10.8. The van der Waals surface area contributed by atoms with Crippen LogP contribution < -0.4 is 10.1 Å². The van der Waals surface area contributed by atoms with Crippen LogP contribution in [-0.2, 0) is 33.6 Å². The van der Waals surface area contributed by atoms with Gasteiger partial charge < -0.3 is 19.9 Å². The average molecular weight is 515 g/mol. The van der Waals surface area contributed by atoms with E-state index >= 15 is 0 Å². The van der Waals surface area contributed by atoms with E-state index in [1.807, 2.05) is 0 Å². The van der Waals surface area contributed by atoms with Crippen LogP contribution in [0.3, 0.4) is 0 Å². The zero-order chi connectivity index (χ0) is 25.4. The fourth-order valence-corrected chi connectivity index (χ4v) is 4.72. The summed E-state index contributed by atoms with van der Waals surface area (Å²) in [6.07, 6.45) is 2.93. The average Bonchev–Trinajstić information content (AvgIpc) is 3.20. The van der Waals surface area contributed by atoms with Crippen molar-refractivity contribution >= 4 is 24.3 Å². The summed E-state index contributed by atoms with van der Waals surface area (Å²) in [5, 5.41) is 21.9. The fraction of sp³-hybridized carbons (Fsp3) is 0.464. The molecular weight excluding hydrogens is 480 g/mol. The van der Waals surface area contributed by atoms with Crippen LogP contribution in [0.1, 0.15) is 55.9 Å². The minimum absolute atomic E-state index is 0. The van der Waals surface area contributed by atoms with Crippen LogP contribution in [0.4, 0.5) is 0 Å². The minimum Gasteiger partial charge on any atom is -0.488 e. The van der Waals surface area contributed by atoms with E-state index in [1.54, 1.807) is 18.2 Å². The summed E-state index contributed by atoms with van der Waals surface area (Å²) >= 11 is 0. The largest absolute Gasteiger partial charge is 0.488 e. The summed E-state index contributed by atoms with van der Waals surface area (Å²) in [5.41, 5.74) is 3.80. The Bertz CT molecular complexity index is 1070. The lowest BCUT2D eigenvalue weighted by Crippen LogP contribution is -2.47. The van der Waals surface area contributed by atoms with E-state index in [-0.39, 0.29) is 31.0 Å². The molecule has 0 bridgehead atoms. The summed E-state index contributed by atoms with van der Waals surface area (Å²) in [7, 11) is 0. The number of ether oxygens (including phenoxy) is 2. The van der Waals surface area contributed by atoms with Gasteiger partial charge in [0.2, 0.25) is 0 Å². The Morgan fingerprint density at radius 2 is 1.86 bits per heavy atom. The van der Waals surface area contributed by atoms with Crippen molar-refractivity contribution in [1.29, 1.82) is 5.26 Å². The normalized spacial score (nSPS) is 13.7. The van der Waals surface area contributed by atoms with Crippen LogP contribution >= 0.6 is 12.4 Å². The lowest BCUT2D eigenvalue weighted by Gasteiger charge is -2.31. The standard InChI is InChI=1S/C28H34N2O5.ClH/c1-19(31)35-25(18-34-26-14-20(9-11-27(32)33)8-10-24(26)16-29)17-30-28(2,3)15-21-12-22-6-4-5-7-23(22)13-21;/h4-8,10,14,21,25,30H,9,11-13,15,17-18H2,1-3H3,(H,32,33);1H/t25-;/m1./s1. The van der Waals surface area contributed by atoms with Crippen LogP contribution in [0.25, 0.3) is 0 Å². The first kappa shape index (κ1) is 29.2. The smallest absolute Gasteiger partial charge is 0.303 e. The molecule has 0 amide bonds. The molecule has 0 heterocycles. The molecule has 0 saturated carbocycles. The third kappa shape index (κ3) is 8.85. The number of rotatable bonds is 12. The van der Waals surface area contributed by atoms with Crippen molar-refractivity contribution in [2.24, 2.45) is 5.92 Å². The van der Waals surface area contributed by atoms with Gasteiger partial charge in [0.05, 0.1) is 5.56 Å². The molecule has 0 spiro atoms. The van der Waals surface area contributed by atoms with Gasteiger partial charge in [-0.25, -0.2) is 0 Å². The molecular formula is C28H35ClN2O5. The first-order valence-electron chi connectivity index (χ1n) is 12.0. The van der Waals surface area contributed by atoms with Gasteiger partial charge in [-0.3, -0.25) is 9.59 Å². The highest BCUT2D eigenvalue weighted by Crippen LogP contribution is 2.32. The molecule has 2 N–H and O–H groups in total. The zero-order valence-corrected chi connectivity index (χ0v) is 21.9. The number of benzene rings is 2. The molecule has 8 heteroatoms. The van der Waals surface area contributed by atoms with Crippen LogP contribution in [-0.4, -0.2) is 41.8 Å². The molecule has 7 nitrogen and oxygen atoms in total. The predicted octanol–water partition coefficient (Wildman–Crippen LogP) is 4.48. The monoisotopic (exact) mass is 514 g/mol. The van der Waals surface area contributed by atoms with Crippen LogP contribution in [0.2, 0.25) is 0 Å². The highest BCUT2D eigenvalue weighted by molar-refractivity contribution is 5.85. The molecule has 194 valence electrons. The van der Waals surface area contributed by atoms with Crippen molar-refractivity contribution in [2.75, 3.05) is 13.2 Å². The lowest BCUT2D eigenvalue weighted by atomic mass is 9.88. The SMILES string of the molecule is CC(=O)O[C@H](CNC(C)(C)CC1Cc2ccccc2C1)COc1cc(CCC(=O)O)ccc1C#N.Cl. The number of halogens is 1. The van der Waals surface area contributed by atoms with Gasteiger partial charge in [0, 0.05) is 25.4 Å². The number of nitriles is 1. The third-order valence-corrected chi connectivity index (χ3v) is 6.29. The molecule has 1 aliphatic rings. The van der Waals surface area contributed by atoms with Gasteiger partial charge in [0.25, 0.3) is 0 Å². The number of aryl methyl sites for hydroxylation is 1. The zero-order valence-electron chi connectivity index (χ0n) is 21.1. The van der Waals surface area contributed by atoms with Crippen molar-refractivity contribution < 1.29 is 24.2 Å². The Hall–Kier alpha value is -3.08. The highest BCUT2D eigenvalue weighted by atomic mass is 35.5. The third-order valence-electron chi connectivity index (χ3n) is 6.29. The Labute approximate surface area is 219 Å². The number of carbonyl (C=O) groups excluding carboxylic acids is 1. The molecule has 0 radical (unpaired) electrons. The van der Waals surface area contributed by atoms with Crippen LogP contribution in [0, 0.1) is 17.2 Å². The molecule has 1 aliphatic carbocycles. The second-order valence-electron chi connectivity index (χ2n) is 9.89. The Balaban J connectivity index is 0.00000456. The van der Waals surface area contributed by atoms with Crippen molar-refractivity contribution in [2.45, 2.75) is 64.5 Å². The number of carboxylic acid groups (broad SMARTS) is 1. The number of aliphatic carboxylic acids is 1. The van der Waals surface area contributed by atoms with E-state index in [0.717, 1.165) is 24.8 Å². The van der Waals surface area contributed by atoms with E-state index in [9.17, 15) is 14.9 Å². The Morgan fingerprint density at radius 3 is 2.44 bits per heavy atom. The molecule has 0 unspecified atom stereocenters. The molecule has 0 aliphatic heterocycles. The van der Waals surface area contributed by atoms with Crippen molar-refractivity contribution in [3.05, 3.63) is 64.7 Å². The number of nitrogens with one attached hydrogen (secondary N) is 1. The van der Waals surface area contributed by atoms with Crippen LogP contribution in [0.5, 0.6) is 5.75 Å². The van der Waals surface area contributed by atoms with E-state index in [1.165, 1.54) is 18.1 Å². The maximum absolute atomic E-state index is 11.7. The van der Waals surface area contributed by atoms with E-state index in [0.29, 0.717) is 30.2 Å². The number of hydrogen-bond acceptors (Lipinski definition) is 6. The fourth-order valence-electron chi connectivity index (χ4n) is 4.72. The summed E-state index contributed by atoms with van der Waals surface area (Å²) in [4.78, 5) is 22.6. The molecule has 36 heavy (non-hydrogen) atoms. The number of carbonyl (C=O) groups is 2. The van der Waals surface area contributed by atoms with Gasteiger partial charge in [0.1, 0.15) is 24.5 Å². The Morgan fingerprint density at radius 1 is 1.19 bits per heavy atom. The first-order valence-corrected chi connectivity index (χ1v) is 12.0. The van der Waals surface area contributed by atoms with Gasteiger partial charge >= 0.3 is 11.9 Å². The summed E-state index contributed by atoms with van der Waals surface area (Å²) in [6, 6.07) is 15.7. The van der Waals surface area contributed by atoms with E-state index in [2.05, 4.69) is 49.5 Å². The molecule has 2 aromatic carbocycles. The number of hydrogen-bond donors (Lipinski definition) is 2. The molecule has 1 atom stereocenters. The molecule has 0 aromatic heterocycles. The van der Waals surface area contributed by atoms with Gasteiger partial charge in [-0.15, -0.1) is 12.4 Å². The number of fused-ring (bicyclic) bond motifs is 1. The predicted molar refractivity (Wildman–Crippen MR) is 139 cm³/mol. The first-order chi connectivity index (χ1) is 16.6. The van der Waals surface area contributed by atoms with Gasteiger partial charge in [-0.05, 0) is 74.3 Å². The second-order valence-corrected chi connectivity index (χ2v) is 9.89. The van der Waals surface area contributed by atoms with Gasteiger partial charge in [0.15, 0.2) is 0 Å². The van der Waals surface area contributed by atoms with E-state index in [4.69, 9.17) is 14.6 Å². The molecule has 2 aromatic rings. The van der Waals surface area contributed by atoms with E-state index < -0.39 is 18.0 Å². The second kappa shape index (κ2) is 13.3. The van der Waals surface area contributed by atoms with Crippen LogP contribution in [0.15, 0.2) is 42.5 Å². The number of esters is 1. The summed E-state index contributed by atoms with van der Waals surface area (Å²) in [6.45, 7) is 6.16. The topological polar surface area (TPSA) is 109 Å². The lowest BCUT2D eigenvalue weighted by molar-refractivity contribution is -0.147. The molecule has 0 fully saturated rings. The molecule has 0 saturated heterocycles. The summed E-state index contributed by atoms with van der Waals surface area (Å²) in [5.74, 6) is -0.373. The maximum Gasteiger partial charge on any atom is 0.303 e. The van der Waals surface area contributed by atoms with Crippen molar-refractivity contribution in [3.8, 4) is 11.8 Å². The number of nitrogens with zero attached hydrogens (tertiary/aromatic N) is 1. The van der Waals surface area contributed by atoms with Crippen molar-refractivity contribution in [3.63, 3.8) is 0 Å². The van der Waals surface area contributed by atoms with Crippen molar-refractivity contribution in [1.82, 2.24) is 5.32 Å². The molecule has 3 rings (SSSR count).